The monoisotopic (exact) mass is 291 g/mol. The largest absolute Gasteiger partial charge is 0.489 e. The van der Waals surface area contributed by atoms with Gasteiger partial charge >= 0.3 is 5.97 Å². The van der Waals surface area contributed by atoms with E-state index in [-0.39, 0.29) is 12.3 Å². The number of amides is 1. The van der Waals surface area contributed by atoms with E-state index >= 15 is 0 Å². The Bertz CT molecular complexity index is 523. The smallest absolute Gasteiger partial charge is 0.303 e. The van der Waals surface area contributed by atoms with E-state index < -0.39 is 11.5 Å². The van der Waals surface area contributed by atoms with Crippen LogP contribution in [0, 0.1) is 0 Å². The lowest BCUT2D eigenvalue weighted by Crippen LogP contribution is -2.43. The Morgan fingerprint density at radius 3 is 2.67 bits per heavy atom. The van der Waals surface area contributed by atoms with Gasteiger partial charge in [0.25, 0.3) is 5.91 Å². The average molecular weight is 291 g/mol. The van der Waals surface area contributed by atoms with Crippen molar-refractivity contribution >= 4 is 11.9 Å². The highest BCUT2D eigenvalue weighted by Crippen LogP contribution is 2.20. The third-order valence-corrected chi connectivity index (χ3v) is 2.90. The van der Waals surface area contributed by atoms with E-state index in [1.807, 2.05) is 0 Å². The molecule has 1 aromatic rings. The van der Waals surface area contributed by atoms with Crippen molar-refractivity contribution in [3.05, 3.63) is 42.5 Å². The zero-order valence-corrected chi connectivity index (χ0v) is 12.4. The number of para-hydroxylation sites is 1. The maximum Gasteiger partial charge on any atom is 0.303 e. The van der Waals surface area contributed by atoms with Gasteiger partial charge in [-0.25, -0.2) is 0 Å². The zero-order valence-electron chi connectivity index (χ0n) is 12.4. The molecule has 1 rings (SSSR count). The van der Waals surface area contributed by atoms with Gasteiger partial charge in [-0.1, -0.05) is 24.8 Å². The summed E-state index contributed by atoms with van der Waals surface area (Å²) in [4.78, 5) is 23.0. The molecule has 0 atom stereocenters. The van der Waals surface area contributed by atoms with E-state index in [0.29, 0.717) is 24.3 Å². The number of carboxylic acids is 1. The van der Waals surface area contributed by atoms with Crippen LogP contribution in [0.15, 0.2) is 36.9 Å². The molecule has 0 bridgehead atoms. The second kappa shape index (κ2) is 7.47. The summed E-state index contributed by atoms with van der Waals surface area (Å²) in [7, 11) is 0. The maximum atomic E-state index is 12.3. The molecule has 0 aromatic heterocycles. The minimum Gasteiger partial charge on any atom is -0.489 e. The number of carboxylic acid groups (broad SMARTS) is 1. The fourth-order valence-electron chi connectivity index (χ4n) is 1.79. The standard InChI is InChI=1S/C16H21NO4/c1-4-11-21-13-8-6-5-7-12(13)15(20)17-16(2,3)10-9-14(18)19/h4-8H,1,9-11H2,2-3H3,(H,17,20)(H,18,19). The molecule has 0 aliphatic carbocycles. The molecule has 2 N–H and O–H groups in total. The fraction of sp³-hybridized carbons (Fsp3) is 0.375. The minimum atomic E-state index is -0.882. The number of carbonyl (C=O) groups excluding carboxylic acids is 1. The van der Waals surface area contributed by atoms with Crippen LogP contribution >= 0.6 is 0 Å². The second-order valence-corrected chi connectivity index (χ2v) is 5.33. The molecule has 0 aliphatic rings. The predicted molar refractivity (Wildman–Crippen MR) is 80.5 cm³/mol. The molecule has 0 radical (unpaired) electrons. The van der Waals surface area contributed by atoms with Crippen LogP contribution in [-0.4, -0.2) is 29.1 Å². The topological polar surface area (TPSA) is 75.6 Å². The number of hydrogen-bond donors (Lipinski definition) is 2. The van der Waals surface area contributed by atoms with Crippen molar-refractivity contribution in [2.24, 2.45) is 0 Å². The first-order valence-corrected chi connectivity index (χ1v) is 6.73. The number of hydrogen-bond acceptors (Lipinski definition) is 3. The first kappa shape index (κ1) is 16.8. The Morgan fingerprint density at radius 1 is 1.38 bits per heavy atom. The van der Waals surface area contributed by atoms with Gasteiger partial charge in [0.05, 0.1) is 5.56 Å². The first-order chi connectivity index (χ1) is 9.85. The Kier molecular flexibility index (Phi) is 5.96. The van der Waals surface area contributed by atoms with Gasteiger partial charge in [-0.2, -0.15) is 0 Å². The van der Waals surface area contributed by atoms with Crippen molar-refractivity contribution in [1.29, 1.82) is 0 Å². The Balaban J connectivity index is 2.79. The van der Waals surface area contributed by atoms with Crippen LogP contribution < -0.4 is 10.1 Å². The lowest BCUT2D eigenvalue weighted by molar-refractivity contribution is -0.137. The molecular weight excluding hydrogens is 270 g/mol. The molecule has 0 saturated heterocycles. The fourth-order valence-corrected chi connectivity index (χ4v) is 1.79. The SMILES string of the molecule is C=CCOc1ccccc1C(=O)NC(C)(C)CCC(=O)O. The van der Waals surface area contributed by atoms with Crippen molar-refractivity contribution < 1.29 is 19.4 Å². The Labute approximate surface area is 124 Å². The van der Waals surface area contributed by atoms with Gasteiger partial charge in [0.2, 0.25) is 0 Å². The van der Waals surface area contributed by atoms with Crippen LogP contribution in [0.3, 0.4) is 0 Å². The quantitative estimate of drug-likeness (QED) is 0.722. The van der Waals surface area contributed by atoms with Crippen LogP contribution in [-0.2, 0) is 4.79 Å². The summed E-state index contributed by atoms with van der Waals surface area (Å²) >= 11 is 0. The second-order valence-electron chi connectivity index (χ2n) is 5.33. The van der Waals surface area contributed by atoms with Gasteiger partial charge in [0.15, 0.2) is 0 Å². The molecule has 5 heteroatoms. The maximum absolute atomic E-state index is 12.3. The highest BCUT2D eigenvalue weighted by atomic mass is 16.5. The number of aliphatic carboxylic acids is 1. The average Bonchev–Trinajstić information content (AvgIpc) is 2.43. The first-order valence-electron chi connectivity index (χ1n) is 6.73. The van der Waals surface area contributed by atoms with Crippen molar-refractivity contribution in [2.45, 2.75) is 32.2 Å². The molecule has 114 valence electrons. The van der Waals surface area contributed by atoms with E-state index in [9.17, 15) is 9.59 Å². The van der Waals surface area contributed by atoms with E-state index in [0.717, 1.165) is 0 Å². The highest BCUT2D eigenvalue weighted by molar-refractivity contribution is 5.97. The van der Waals surface area contributed by atoms with Crippen LogP contribution in [0.5, 0.6) is 5.75 Å². The van der Waals surface area contributed by atoms with Crippen molar-refractivity contribution in [3.63, 3.8) is 0 Å². The van der Waals surface area contributed by atoms with E-state index in [4.69, 9.17) is 9.84 Å². The summed E-state index contributed by atoms with van der Waals surface area (Å²) in [5.41, 5.74) is -0.191. The third-order valence-electron chi connectivity index (χ3n) is 2.90. The van der Waals surface area contributed by atoms with Crippen LogP contribution in [0.2, 0.25) is 0 Å². The van der Waals surface area contributed by atoms with Gasteiger partial charge in [-0.05, 0) is 32.4 Å². The predicted octanol–water partition coefficient (Wildman–Crippen LogP) is 2.62. The molecule has 0 aliphatic heterocycles. The molecule has 0 saturated carbocycles. The number of ether oxygens (including phenoxy) is 1. The molecule has 0 unspecified atom stereocenters. The van der Waals surface area contributed by atoms with E-state index in [2.05, 4.69) is 11.9 Å². The lowest BCUT2D eigenvalue weighted by atomic mass is 9.97. The minimum absolute atomic E-state index is 0.00188. The summed E-state index contributed by atoms with van der Waals surface area (Å²) in [6, 6.07) is 6.91. The van der Waals surface area contributed by atoms with Gasteiger partial charge in [0.1, 0.15) is 12.4 Å². The van der Waals surface area contributed by atoms with Crippen molar-refractivity contribution in [1.82, 2.24) is 5.32 Å². The summed E-state index contributed by atoms with van der Waals surface area (Å²) in [5.74, 6) is -0.693. The molecule has 0 fully saturated rings. The number of carbonyl (C=O) groups is 2. The van der Waals surface area contributed by atoms with Crippen LogP contribution in [0.1, 0.15) is 37.0 Å². The van der Waals surface area contributed by atoms with Gasteiger partial charge in [-0.3, -0.25) is 9.59 Å². The van der Waals surface area contributed by atoms with Gasteiger partial charge in [0, 0.05) is 12.0 Å². The molecule has 0 spiro atoms. The number of rotatable bonds is 8. The molecule has 5 nitrogen and oxygen atoms in total. The summed E-state index contributed by atoms with van der Waals surface area (Å²) in [5, 5.41) is 11.6. The van der Waals surface area contributed by atoms with Crippen LogP contribution in [0.4, 0.5) is 0 Å². The van der Waals surface area contributed by atoms with Gasteiger partial charge in [-0.15, -0.1) is 0 Å². The molecule has 1 amide bonds. The number of benzene rings is 1. The highest BCUT2D eigenvalue weighted by Gasteiger charge is 2.23. The Hall–Kier alpha value is -2.30. The number of nitrogens with one attached hydrogen (secondary N) is 1. The summed E-state index contributed by atoms with van der Waals surface area (Å²) in [6.07, 6.45) is 1.96. The molecule has 21 heavy (non-hydrogen) atoms. The van der Waals surface area contributed by atoms with Crippen molar-refractivity contribution in [2.75, 3.05) is 6.61 Å². The molecule has 0 heterocycles. The zero-order chi connectivity index (χ0) is 15.9. The summed E-state index contributed by atoms with van der Waals surface area (Å²) < 4.78 is 5.45. The van der Waals surface area contributed by atoms with Gasteiger partial charge < -0.3 is 15.2 Å². The van der Waals surface area contributed by atoms with E-state index in [1.165, 1.54) is 0 Å². The lowest BCUT2D eigenvalue weighted by Gasteiger charge is -2.26. The summed E-state index contributed by atoms with van der Waals surface area (Å²) in [6.45, 7) is 7.47. The van der Waals surface area contributed by atoms with Crippen molar-refractivity contribution in [3.8, 4) is 5.75 Å². The molecular formula is C16H21NO4. The van der Waals surface area contributed by atoms with E-state index in [1.54, 1.807) is 44.2 Å². The third kappa shape index (κ3) is 5.69. The Morgan fingerprint density at radius 2 is 2.05 bits per heavy atom. The molecule has 1 aromatic carbocycles. The normalized spacial score (nSPS) is 10.8. The van der Waals surface area contributed by atoms with Crippen LogP contribution in [0.25, 0.3) is 0 Å².